The van der Waals surface area contributed by atoms with E-state index in [2.05, 4.69) is 79.9 Å². The number of ether oxygens (including phenoxy) is 1. The van der Waals surface area contributed by atoms with Crippen LogP contribution >= 0.6 is 0 Å². The minimum Gasteiger partial charge on any atom is -0.480 e. The Hall–Kier alpha value is -3.15. The Kier molecular flexibility index (Phi) is 38.2. The molecule has 2 N–H and O–H groups in total. The highest BCUT2D eigenvalue weighted by Crippen LogP contribution is 2.15. The molecule has 296 valence electrons. The molecule has 0 saturated heterocycles. The molecule has 0 spiro atoms. The molecule has 0 saturated carbocycles. The van der Waals surface area contributed by atoms with Crippen LogP contribution in [0.25, 0.3) is 0 Å². The van der Waals surface area contributed by atoms with Crippen LogP contribution in [0.4, 0.5) is 0 Å². The van der Waals surface area contributed by atoms with E-state index >= 15 is 0 Å². The summed E-state index contributed by atoms with van der Waals surface area (Å²) in [6.45, 7) is 4.05. The third-order valence-electron chi connectivity index (χ3n) is 8.85. The van der Waals surface area contributed by atoms with Gasteiger partial charge in [-0.05, 0) is 89.5 Å². The third-order valence-corrected chi connectivity index (χ3v) is 8.85. The van der Waals surface area contributed by atoms with Crippen molar-refractivity contribution in [3.05, 3.63) is 72.9 Å². The molecule has 6 heteroatoms. The van der Waals surface area contributed by atoms with E-state index in [0.717, 1.165) is 51.4 Å². The first-order valence-corrected chi connectivity index (χ1v) is 21.1. The van der Waals surface area contributed by atoms with Crippen molar-refractivity contribution in [1.82, 2.24) is 5.32 Å². The monoisotopic (exact) mass is 724 g/mol. The van der Waals surface area contributed by atoms with Crippen molar-refractivity contribution in [3.8, 4) is 0 Å². The number of aliphatic carboxylic acids is 1. The zero-order chi connectivity index (χ0) is 38.0. The molecule has 0 heterocycles. The summed E-state index contributed by atoms with van der Waals surface area (Å²) < 4.78 is 5.83. The summed E-state index contributed by atoms with van der Waals surface area (Å²) in [5.74, 6) is -1.49. The summed E-state index contributed by atoms with van der Waals surface area (Å²) in [6.07, 6.45) is 54.6. The first-order valence-electron chi connectivity index (χ1n) is 21.1. The molecule has 0 aliphatic carbocycles. The second kappa shape index (κ2) is 40.6. The molecule has 0 aromatic heterocycles. The molecule has 0 rings (SSSR count). The molecule has 1 atom stereocenters. The molecule has 0 radical (unpaired) electrons. The first kappa shape index (κ1) is 48.9. The number of unbranched alkanes of at least 4 members (excludes halogenated alkanes) is 16. The van der Waals surface area contributed by atoms with Gasteiger partial charge in [0.25, 0.3) is 0 Å². The zero-order valence-corrected chi connectivity index (χ0v) is 33.4. The first-order chi connectivity index (χ1) is 25.5. The lowest BCUT2D eigenvalue weighted by atomic mass is 10.1. The van der Waals surface area contributed by atoms with E-state index in [4.69, 9.17) is 9.84 Å². The maximum absolute atomic E-state index is 12.7. The fourth-order valence-corrected chi connectivity index (χ4v) is 5.75. The maximum atomic E-state index is 12.7. The van der Waals surface area contributed by atoms with Gasteiger partial charge in [0.1, 0.15) is 12.6 Å². The summed E-state index contributed by atoms with van der Waals surface area (Å²) in [5, 5.41) is 11.1. The standard InChI is InChI=1S/C46H77NO5/c1-3-5-7-9-11-13-15-17-19-20-21-22-23-25-27-29-31-33-35-41-46(51)52-43(39-36-37-40-44(48)47-42-45(49)50)38-34-32-30-28-26-24-18-16-14-12-10-8-6-4-2/h6,8,12,14,17-19,24,28,30,34,38,43H,3-5,7,9-11,13,15-16,20-23,25-27,29,31-33,35-37,39-42H2,1-2H3,(H,47,48)(H,49,50)/b8-6-,14-12-,19-17-,24-18-,30-28-,38-34-. The number of hydrogen-bond acceptors (Lipinski definition) is 4. The molecule has 0 fully saturated rings. The largest absolute Gasteiger partial charge is 0.480 e. The van der Waals surface area contributed by atoms with Crippen molar-refractivity contribution in [3.63, 3.8) is 0 Å². The number of esters is 1. The smallest absolute Gasteiger partial charge is 0.322 e. The minimum atomic E-state index is -1.05. The SMILES string of the molecule is CC/C=C\C/C=C\C/C=C\C/C=C\C/C=C\C(CCCCC(=O)NCC(=O)O)OC(=O)CCCCCCCCCCC/C=C\CCCCCCCC. The molecule has 0 bridgehead atoms. The van der Waals surface area contributed by atoms with Crippen molar-refractivity contribution in [2.24, 2.45) is 0 Å². The topological polar surface area (TPSA) is 92.7 Å². The molecule has 0 aliphatic heterocycles. The van der Waals surface area contributed by atoms with Crippen LogP contribution in [0.1, 0.15) is 187 Å². The van der Waals surface area contributed by atoms with Gasteiger partial charge in [-0.3, -0.25) is 14.4 Å². The molecule has 6 nitrogen and oxygen atoms in total. The number of carboxylic acid groups (broad SMARTS) is 1. The lowest BCUT2D eigenvalue weighted by Crippen LogP contribution is -2.28. The highest BCUT2D eigenvalue weighted by atomic mass is 16.5. The third kappa shape index (κ3) is 39.6. The number of amides is 1. The Bertz CT molecular complexity index is 1020. The Morgan fingerprint density at radius 2 is 1.00 bits per heavy atom. The van der Waals surface area contributed by atoms with Crippen LogP contribution < -0.4 is 5.32 Å². The van der Waals surface area contributed by atoms with Crippen molar-refractivity contribution >= 4 is 17.8 Å². The summed E-state index contributed by atoms with van der Waals surface area (Å²) in [5.41, 5.74) is 0. The van der Waals surface area contributed by atoms with Gasteiger partial charge in [-0.2, -0.15) is 0 Å². The van der Waals surface area contributed by atoms with Crippen molar-refractivity contribution in [2.75, 3.05) is 6.54 Å². The van der Waals surface area contributed by atoms with Crippen LogP contribution in [0.2, 0.25) is 0 Å². The fourth-order valence-electron chi connectivity index (χ4n) is 5.75. The van der Waals surface area contributed by atoms with Gasteiger partial charge < -0.3 is 15.2 Å². The second-order valence-corrected chi connectivity index (χ2v) is 13.9. The van der Waals surface area contributed by atoms with E-state index in [1.165, 1.54) is 89.9 Å². The van der Waals surface area contributed by atoms with Crippen molar-refractivity contribution in [1.29, 1.82) is 0 Å². The lowest BCUT2D eigenvalue weighted by molar-refractivity contribution is -0.147. The number of allylic oxidation sites excluding steroid dienone is 11. The second-order valence-electron chi connectivity index (χ2n) is 13.9. The Balaban J connectivity index is 4.24. The van der Waals surface area contributed by atoms with Crippen LogP contribution in [0, 0.1) is 0 Å². The summed E-state index contributed by atoms with van der Waals surface area (Å²) in [7, 11) is 0. The normalized spacial score (nSPS) is 12.8. The van der Waals surface area contributed by atoms with Gasteiger partial charge >= 0.3 is 11.9 Å². The van der Waals surface area contributed by atoms with E-state index in [9.17, 15) is 14.4 Å². The molecule has 52 heavy (non-hydrogen) atoms. The number of carbonyl (C=O) groups is 3. The van der Waals surface area contributed by atoms with E-state index < -0.39 is 5.97 Å². The van der Waals surface area contributed by atoms with Gasteiger partial charge in [0.05, 0.1) is 0 Å². The molecular weight excluding hydrogens is 647 g/mol. The van der Waals surface area contributed by atoms with Gasteiger partial charge in [-0.15, -0.1) is 0 Å². The number of carboxylic acids is 1. The fraction of sp³-hybridized carbons (Fsp3) is 0.674. The van der Waals surface area contributed by atoms with Gasteiger partial charge in [-0.1, -0.05) is 158 Å². The minimum absolute atomic E-state index is 0.161. The molecule has 0 aliphatic rings. The van der Waals surface area contributed by atoms with Gasteiger partial charge in [-0.25, -0.2) is 0 Å². The van der Waals surface area contributed by atoms with E-state index in [-0.39, 0.29) is 30.9 Å². The lowest BCUT2D eigenvalue weighted by Gasteiger charge is -2.14. The number of rotatable bonds is 37. The molecular formula is C46H77NO5. The highest BCUT2D eigenvalue weighted by Gasteiger charge is 2.12. The maximum Gasteiger partial charge on any atom is 0.322 e. The number of carbonyl (C=O) groups excluding carboxylic acids is 2. The van der Waals surface area contributed by atoms with E-state index in [1.54, 1.807) is 0 Å². The molecule has 1 amide bonds. The van der Waals surface area contributed by atoms with Crippen molar-refractivity contribution < 1.29 is 24.2 Å². The predicted octanol–water partition coefficient (Wildman–Crippen LogP) is 13.0. The van der Waals surface area contributed by atoms with Gasteiger partial charge in [0.2, 0.25) is 5.91 Å². The van der Waals surface area contributed by atoms with Gasteiger partial charge in [0, 0.05) is 12.8 Å². The highest BCUT2D eigenvalue weighted by molar-refractivity contribution is 5.80. The molecule has 0 aromatic rings. The average Bonchev–Trinajstić information content (AvgIpc) is 3.13. The summed E-state index contributed by atoms with van der Waals surface area (Å²) >= 11 is 0. The van der Waals surface area contributed by atoms with Crippen LogP contribution in [-0.4, -0.2) is 35.6 Å². The zero-order valence-electron chi connectivity index (χ0n) is 33.4. The van der Waals surface area contributed by atoms with Crippen LogP contribution in [0.5, 0.6) is 0 Å². The Morgan fingerprint density at radius 1 is 0.538 bits per heavy atom. The van der Waals surface area contributed by atoms with Crippen LogP contribution in [0.3, 0.4) is 0 Å². The predicted molar refractivity (Wildman–Crippen MR) is 221 cm³/mol. The Labute approximate surface area is 319 Å². The van der Waals surface area contributed by atoms with Gasteiger partial charge in [0.15, 0.2) is 0 Å². The van der Waals surface area contributed by atoms with Crippen LogP contribution in [-0.2, 0) is 19.1 Å². The van der Waals surface area contributed by atoms with E-state index in [1.807, 2.05) is 12.2 Å². The van der Waals surface area contributed by atoms with Crippen LogP contribution in [0.15, 0.2) is 72.9 Å². The average molecular weight is 724 g/mol. The quantitative estimate of drug-likeness (QED) is 0.0378. The number of nitrogens with one attached hydrogen (secondary N) is 1. The number of hydrogen-bond donors (Lipinski definition) is 2. The molecule has 1 unspecified atom stereocenters. The van der Waals surface area contributed by atoms with E-state index in [0.29, 0.717) is 25.7 Å². The summed E-state index contributed by atoms with van der Waals surface area (Å²) in [4.78, 5) is 35.2. The van der Waals surface area contributed by atoms with Crippen molar-refractivity contribution in [2.45, 2.75) is 193 Å². The molecule has 0 aromatic carbocycles. The Morgan fingerprint density at radius 3 is 1.52 bits per heavy atom. The summed E-state index contributed by atoms with van der Waals surface area (Å²) in [6, 6.07) is 0.